The number of thiophene rings is 1. The Balaban J connectivity index is 1.23. The third-order valence-corrected chi connectivity index (χ3v) is 13.2. The van der Waals surface area contributed by atoms with Gasteiger partial charge >= 0.3 is 6.01 Å². The maximum atomic E-state index is 17.2. The van der Waals surface area contributed by atoms with Crippen molar-refractivity contribution < 1.29 is 18.3 Å². The van der Waals surface area contributed by atoms with Crippen molar-refractivity contribution in [3.05, 3.63) is 40.4 Å². The molecule has 0 aliphatic carbocycles. The van der Waals surface area contributed by atoms with Gasteiger partial charge in [0.2, 0.25) is 5.91 Å². The van der Waals surface area contributed by atoms with Crippen LogP contribution in [0.5, 0.6) is 6.01 Å². The number of benzene rings is 2. The lowest BCUT2D eigenvalue weighted by molar-refractivity contribution is -0.145. The van der Waals surface area contributed by atoms with E-state index in [0.29, 0.717) is 44.0 Å². The van der Waals surface area contributed by atoms with Crippen LogP contribution in [0.3, 0.4) is 0 Å². The molecule has 4 N–H and O–H groups in total. The smallest absolute Gasteiger partial charge is 0.319 e. The second-order valence-electron chi connectivity index (χ2n) is 15.6. The first-order valence-electron chi connectivity index (χ1n) is 18.2. The fourth-order valence-electron chi connectivity index (χ4n) is 9.10. The van der Waals surface area contributed by atoms with Crippen LogP contribution in [-0.4, -0.2) is 83.1 Å². The minimum Gasteiger partial charge on any atom is -0.461 e. The summed E-state index contributed by atoms with van der Waals surface area (Å²) in [6.45, 7) is 8.84. The van der Waals surface area contributed by atoms with Gasteiger partial charge in [0, 0.05) is 47.9 Å². The minimum absolute atomic E-state index is 0.00222. The lowest BCUT2D eigenvalue weighted by atomic mass is 9.75. The SMILES string of the molecule is CC(C)C(N)C(=O)N1CC2(CCCCN(c3nc(OCC45CCCN4CCC5)nc4c(F)c(-c5ccc(F)c6sc(N)c(C#N)c56)c(Cl)cc34)C2)C1. The van der Waals surface area contributed by atoms with Crippen LogP contribution in [0.2, 0.25) is 5.02 Å². The predicted molar refractivity (Wildman–Crippen MR) is 201 cm³/mol. The molecule has 0 saturated carbocycles. The van der Waals surface area contributed by atoms with Crippen molar-refractivity contribution in [1.82, 2.24) is 19.8 Å². The molecule has 1 spiro atoms. The number of hydrogen-bond donors (Lipinski definition) is 2. The van der Waals surface area contributed by atoms with Crippen molar-refractivity contribution in [2.75, 3.05) is 56.5 Å². The van der Waals surface area contributed by atoms with E-state index < -0.39 is 17.7 Å². The van der Waals surface area contributed by atoms with Gasteiger partial charge in [0.25, 0.3) is 0 Å². The molecule has 4 aliphatic rings. The minimum atomic E-state index is -0.716. The van der Waals surface area contributed by atoms with E-state index in [1.807, 2.05) is 18.7 Å². The molecule has 274 valence electrons. The van der Waals surface area contributed by atoms with E-state index in [1.165, 1.54) is 12.1 Å². The highest BCUT2D eigenvalue weighted by atomic mass is 35.5. The summed E-state index contributed by atoms with van der Waals surface area (Å²) in [6, 6.07) is 5.93. The molecule has 6 heterocycles. The fraction of sp³-hybridized carbons (Fsp3) is 0.526. The molecule has 4 aliphatic heterocycles. The summed E-state index contributed by atoms with van der Waals surface area (Å²) in [5.41, 5.74) is 12.5. The quantitative estimate of drug-likeness (QED) is 0.211. The highest BCUT2D eigenvalue weighted by Gasteiger charge is 2.48. The third-order valence-electron chi connectivity index (χ3n) is 11.9. The summed E-state index contributed by atoms with van der Waals surface area (Å²) < 4.78 is 38.8. The van der Waals surface area contributed by atoms with E-state index in [1.54, 1.807) is 6.07 Å². The zero-order valence-electron chi connectivity index (χ0n) is 29.5. The van der Waals surface area contributed by atoms with Gasteiger partial charge in [-0.2, -0.15) is 15.2 Å². The number of hydrogen-bond acceptors (Lipinski definition) is 10. The number of ether oxygens (including phenoxy) is 1. The maximum Gasteiger partial charge on any atom is 0.319 e. The molecule has 0 radical (unpaired) electrons. The lowest BCUT2D eigenvalue weighted by Crippen LogP contribution is -2.65. The topological polar surface area (TPSA) is 138 Å². The number of nitrogens with zero attached hydrogens (tertiary/aromatic N) is 6. The van der Waals surface area contributed by atoms with E-state index in [9.17, 15) is 10.1 Å². The zero-order valence-corrected chi connectivity index (χ0v) is 31.1. The van der Waals surface area contributed by atoms with Gasteiger partial charge < -0.3 is 26.0 Å². The highest BCUT2D eigenvalue weighted by Crippen LogP contribution is 2.47. The number of likely N-dealkylation sites (tertiary alicyclic amines) is 1. The van der Waals surface area contributed by atoms with E-state index in [-0.39, 0.29) is 71.1 Å². The molecule has 10 nitrogen and oxygen atoms in total. The molecule has 1 atom stereocenters. The predicted octanol–water partition coefficient (Wildman–Crippen LogP) is 6.71. The normalized spacial score (nSPS) is 20.3. The van der Waals surface area contributed by atoms with Crippen LogP contribution >= 0.6 is 22.9 Å². The van der Waals surface area contributed by atoms with Crippen LogP contribution < -0.4 is 21.1 Å². The molecule has 0 bridgehead atoms. The second kappa shape index (κ2) is 13.2. The number of halogens is 3. The summed E-state index contributed by atoms with van der Waals surface area (Å²) in [4.78, 5) is 29.3. The maximum absolute atomic E-state index is 17.2. The molecule has 14 heteroatoms. The average molecular weight is 749 g/mol. The monoisotopic (exact) mass is 748 g/mol. The zero-order chi connectivity index (χ0) is 36.5. The molecule has 52 heavy (non-hydrogen) atoms. The van der Waals surface area contributed by atoms with Crippen LogP contribution in [0.1, 0.15) is 64.4 Å². The molecule has 2 aromatic heterocycles. The highest BCUT2D eigenvalue weighted by molar-refractivity contribution is 7.23. The first kappa shape index (κ1) is 35.2. The first-order chi connectivity index (χ1) is 24.9. The number of rotatable bonds is 7. The Labute approximate surface area is 310 Å². The van der Waals surface area contributed by atoms with Crippen LogP contribution in [0.25, 0.3) is 32.1 Å². The van der Waals surface area contributed by atoms with Gasteiger partial charge in [-0.15, -0.1) is 11.3 Å². The third kappa shape index (κ3) is 5.73. The number of amides is 1. The molecule has 1 amide bonds. The molecular weight excluding hydrogens is 706 g/mol. The molecule has 4 aromatic rings. The number of nitrogen functional groups attached to an aromatic ring is 1. The Kier molecular flexibility index (Phi) is 8.96. The summed E-state index contributed by atoms with van der Waals surface area (Å²) in [5.74, 6) is -0.743. The number of carbonyl (C=O) groups is 1. The summed E-state index contributed by atoms with van der Waals surface area (Å²) in [7, 11) is 0. The number of anilines is 2. The molecular formula is C38H43ClF2N8O2S. The van der Waals surface area contributed by atoms with Crippen molar-refractivity contribution in [3.63, 3.8) is 0 Å². The van der Waals surface area contributed by atoms with Crippen molar-refractivity contribution >= 4 is 60.7 Å². The molecule has 2 aromatic carbocycles. The largest absolute Gasteiger partial charge is 0.461 e. The number of nitriles is 1. The number of carbonyl (C=O) groups excluding carboxylic acids is 1. The Morgan fingerprint density at radius 2 is 1.85 bits per heavy atom. The average Bonchev–Trinajstić information content (AvgIpc) is 3.74. The lowest BCUT2D eigenvalue weighted by Gasteiger charge is -2.52. The second-order valence-corrected chi connectivity index (χ2v) is 17.0. The van der Waals surface area contributed by atoms with Crippen LogP contribution in [0, 0.1) is 34.3 Å². The van der Waals surface area contributed by atoms with Crippen molar-refractivity contribution in [2.45, 2.75) is 70.4 Å². The Morgan fingerprint density at radius 3 is 2.56 bits per heavy atom. The van der Waals surface area contributed by atoms with E-state index >= 15 is 8.78 Å². The molecule has 4 fully saturated rings. The van der Waals surface area contributed by atoms with Gasteiger partial charge in [-0.3, -0.25) is 9.69 Å². The van der Waals surface area contributed by atoms with Gasteiger partial charge in [0.05, 0.1) is 26.9 Å². The van der Waals surface area contributed by atoms with Crippen LogP contribution in [0.4, 0.5) is 19.6 Å². The van der Waals surface area contributed by atoms with Gasteiger partial charge in [-0.1, -0.05) is 37.9 Å². The van der Waals surface area contributed by atoms with E-state index in [4.69, 9.17) is 37.8 Å². The van der Waals surface area contributed by atoms with Crippen LogP contribution in [0.15, 0.2) is 18.2 Å². The Bertz CT molecular complexity index is 2120. The number of aromatic nitrogens is 2. The number of fused-ring (bicyclic) bond motifs is 3. The van der Waals surface area contributed by atoms with Crippen molar-refractivity contribution in [1.29, 1.82) is 5.26 Å². The summed E-state index contributed by atoms with van der Waals surface area (Å²) >= 11 is 7.91. The van der Waals surface area contributed by atoms with Crippen LogP contribution in [-0.2, 0) is 4.79 Å². The van der Waals surface area contributed by atoms with E-state index in [0.717, 1.165) is 69.4 Å². The van der Waals surface area contributed by atoms with Gasteiger partial charge in [0.1, 0.15) is 34.8 Å². The van der Waals surface area contributed by atoms with Gasteiger partial charge in [0.15, 0.2) is 5.82 Å². The summed E-state index contributed by atoms with van der Waals surface area (Å²) in [6.07, 6.45) is 7.06. The van der Waals surface area contributed by atoms with Gasteiger partial charge in [-0.25, -0.2) is 8.78 Å². The first-order valence-corrected chi connectivity index (χ1v) is 19.4. The molecule has 4 saturated heterocycles. The Hall–Kier alpha value is -3.83. The van der Waals surface area contributed by atoms with Crippen molar-refractivity contribution in [2.24, 2.45) is 17.1 Å². The summed E-state index contributed by atoms with van der Waals surface area (Å²) in [5, 5.41) is 10.8. The Morgan fingerprint density at radius 1 is 1.10 bits per heavy atom. The standard InChI is InChI=1S/C38H43ClF2N8O2S/c1-21(2)30(43)35(50)48-18-37(19-48)9-3-4-12-47(17-37)34-23-15-25(39)28(22-7-8-26(40)32-27(22)24(16-42)33(44)52-32)29(41)31(23)45-36(46-34)51-20-38-10-5-13-49(38)14-6-11-38/h7-8,15,21,30H,3-6,9-14,17-20,43-44H2,1-2H3. The van der Waals surface area contributed by atoms with E-state index in [2.05, 4.69) is 15.9 Å². The van der Waals surface area contributed by atoms with Crippen molar-refractivity contribution in [3.8, 4) is 23.2 Å². The number of nitrogens with two attached hydrogens (primary N) is 2. The fourth-order valence-corrected chi connectivity index (χ4v) is 10.3. The molecule has 1 unspecified atom stereocenters. The van der Waals surface area contributed by atoms with Gasteiger partial charge in [-0.05, 0) is 75.2 Å². The molecule has 8 rings (SSSR count).